The molecule has 3 aromatic rings. The molecule has 0 amide bonds. The molecular formula is C21H24N6O. The molecule has 2 saturated carbocycles. The molecule has 144 valence electrons. The van der Waals surface area contributed by atoms with Crippen molar-refractivity contribution in [1.82, 2.24) is 24.7 Å². The van der Waals surface area contributed by atoms with E-state index in [2.05, 4.69) is 24.6 Å². The van der Waals surface area contributed by atoms with Crippen LogP contribution in [0.3, 0.4) is 0 Å². The van der Waals surface area contributed by atoms with Gasteiger partial charge in [-0.25, -0.2) is 9.97 Å². The van der Waals surface area contributed by atoms with E-state index < -0.39 is 0 Å². The molecule has 0 atom stereocenters. The average molecular weight is 376 g/mol. The zero-order valence-electron chi connectivity index (χ0n) is 15.9. The van der Waals surface area contributed by atoms with Crippen molar-refractivity contribution >= 4 is 5.95 Å². The molecule has 1 aliphatic heterocycles. The predicted molar refractivity (Wildman–Crippen MR) is 103 cm³/mol. The number of rotatable bonds is 6. The Balaban J connectivity index is 1.28. The highest BCUT2D eigenvalue weighted by molar-refractivity contribution is 5.38. The van der Waals surface area contributed by atoms with Crippen molar-refractivity contribution < 1.29 is 4.42 Å². The molecule has 3 aromatic heterocycles. The topological polar surface area (TPSA) is 72.9 Å². The van der Waals surface area contributed by atoms with E-state index in [1.165, 1.54) is 36.9 Å². The Morgan fingerprint density at radius 1 is 1.14 bits per heavy atom. The Hall–Kier alpha value is -2.70. The molecule has 0 N–H and O–H groups in total. The molecule has 7 heteroatoms. The highest BCUT2D eigenvalue weighted by Crippen LogP contribution is 2.38. The molecule has 0 radical (unpaired) electrons. The maximum atomic E-state index is 5.23. The van der Waals surface area contributed by atoms with E-state index in [1.54, 1.807) is 12.5 Å². The molecule has 28 heavy (non-hydrogen) atoms. The van der Waals surface area contributed by atoms with Crippen molar-refractivity contribution in [3.63, 3.8) is 0 Å². The van der Waals surface area contributed by atoms with Crippen molar-refractivity contribution in [2.75, 3.05) is 11.4 Å². The summed E-state index contributed by atoms with van der Waals surface area (Å²) in [5, 5.41) is 9.14. The molecule has 2 aliphatic carbocycles. The highest BCUT2D eigenvalue weighted by atomic mass is 16.3. The van der Waals surface area contributed by atoms with Gasteiger partial charge >= 0.3 is 0 Å². The molecular weight excluding hydrogens is 352 g/mol. The molecule has 4 heterocycles. The van der Waals surface area contributed by atoms with Gasteiger partial charge in [-0.2, -0.15) is 0 Å². The Labute approximate surface area is 163 Å². The second kappa shape index (κ2) is 6.43. The third-order valence-electron chi connectivity index (χ3n) is 6.07. The van der Waals surface area contributed by atoms with E-state index in [9.17, 15) is 0 Å². The van der Waals surface area contributed by atoms with Gasteiger partial charge in [0, 0.05) is 50.2 Å². The summed E-state index contributed by atoms with van der Waals surface area (Å²) in [6.45, 7) is 2.76. The van der Waals surface area contributed by atoms with Crippen LogP contribution < -0.4 is 4.90 Å². The number of hydrogen-bond donors (Lipinski definition) is 0. The van der Waals surface area contributed by atoms with Gasteiger partial charge in [0.25, 0.3) is 0 Å². The van der Waals surface area contributed by atoms with Gasteiger partial charge in [-0.1, -0.05) is 0 Å². The van der Waals surface area contributed by atoms with Crippen molar-refractivity contribution in [1.29, 1.82) is 0 Å². The summed E-state index contributed by atoms with van der Waals surface area (Å²) in [7, 11) is 0. The Bertz CT molecular complexity index is 987. The molecule has 0 bridgehead atoms. The van der Waals surface area contributed by atoms with Crippen LogP contribution in [0, 0.1) is 5.92 Å². The first kappa shape index (κ1) is 16.3. The van der Waals surface area contributed by atoms with E-state index in [4.69, 9.17) is 9.40 Å². The molecule has 6 rings (SSSR count). The van der Waals surface area contributed by atoms with Crippen molar-refractivity contribution in [3.05, 3.63) is 53.3 Å². The molecule has 7 nitrogen and oxygen atoms in total. The second-order valence-corrected chi connectivity index (χ2v) is 8.42. The normalized spacial score (nSPS) is 19.1. The average Bonchev–Trinajstić information content (AvgIpc) is 3.64. The maximum Gasteiger partial charge on any atom is 0.227 e. The number of fused-ring (bicyclic) bond motifs is 1. The van der Waals surface area contributed by atoms with E-state index >= 15 is 0 Å². The fourth-order valence-electron chi connectivity index (χ4n) is 4.05. The first-order valence-electron chi connectivity index (χ1n) is 10.4. The maximum absolute atomic E-state index is 5.23. The minimum Gasteiger partial charge on any atom is -0.472 e. The van der Waals surface area contributed by atoms with Crippen molar-refractivity contribution in [2.45, 2.75) is 57.5 Å². The molecule has 0 saturated heterocycles. The van der Waals surface area contributed by atoms with E-state index in [0.717, 1.165) is 61.6 Å². The molecule has 0 aromatic carbocycles. The summed E-state index contributed by atoms with van der Waals surface area (Å²) in [4.78, 5) is 11.8. The quantitative estimate of drug-likeness (QED) is 0.658. The summed E-state index contributed by atoms with van der Waals surface area (Å²) < 4.78 is 7.56. The molecule has 3 aliphatic rings. The zero-order chi connectivity index (χ0) is 18.5. The SMILES string of the molecule is c1cc(Cc2nnc(N3CCc4nc(C5CC5)ncc4C3)n2CC2CC2)co1. The lowest BCUT2D eigenvalue weighted by atomic mass is 10.1. The second-order valence-electron chi connectivity index (χ2n) is 8.42. The first-order chi connectivity index (χ1) is 13.8. The van der Waals surface area contributed by atoms with Gasteiger partial charge in [0.15, 0.2) is 0 Å². The number of hydrogen-bond acceptors (Lipinski definition) is 6. The van der Waals surface area contributed by atoms with E-state index in [1.807, 2.05) is 12.3 Å². The Kier molecular flexibility index (Phi) is 3.74. The van der Waals surface area contributed by atoms with Crippen LogP contribution in [0.15, 0.2) is 29.2 Å². The van der Waals surface area contributed by atoms with Gasteiger partial charge in [-0.15, -0.1) is 10.2 Å². The van der Waals surface area contributed by atoms with E-state index in [-0.39, 0.29) is 0 Å². The van der Waals surface area contributed by atoms with Crippen LogP contribution in [-0.4, -0.2) is 31.3 Å². The largest absolute Gasteiger partial charge is 0.472 e. The lowest BCUT2D eigenvalue weighted by molar-refractivity contribution is 0.561. The predicted octanol–water partition coefficient (Wildman–Crippen LogP) is 3.10. The van der Waals surface area contributed by atoms with Crippen LogP contribution in [-0.2, 0) is 25.9 Å². The number of aromatic nitrogens is 5. The summed E-state index contributed by atoms with van der Waals surface area (Å²) in [5.74, 6) is 4.43. The fourth-order valence-corrected chi connectivity index (χ4v) is 4.05. The van der Waals surface area contributed by atoms with Crippen LogP contribution in [0.4, 0.5) is 5.95 Å². The Morgan fingerprint density at radius 3 is 2.86 bits per heavy atom. The Morgan fingerprint density at radius 2 is 2.07 bits per heavy atom. The summed E-state index contributed by atoms with van der Waals surface area (Å²) in [6.07, 6.45) is 12.4. The van der Waals surface area contributed by atoms with Crippen LogP contribution in [0.5, 0.6) is 0 Å². The van der Waals surface area contributed by atoms with Crippen LogP contribution >= 0.6 is 0 Å². The van der Waals surface area contributed by atoms with Crippen molar-refractivity contribution in [3.8, 4) is 0 Å². The van der Waals surface area contributed by atoms with Gasteiger partial charge in [0.2, 0.25) is 5.95 Å². The summed E-state index contributed by atoms with van der Waals surface area (Å²) in [5.41, 5.74) is 3.59. The van der Waals surface area contributed by atoms with Crippen molar-refractivity contribution in [2.24, 2.45) is 5.92 Å². The summed E-state index contributed by atoms with van der Waals surface area (Å²) >= 11 is 0. The fraction of sp³-hybridized carbons (Fsp3) is 0.524. The number of anilines is 1. The van der Waals surface area contributed by atoms with Gasteiger partial charge in [0.05, 0.1) is 18.2 Å². The monoisotopic (exact) mass is 376 g/mol. The van der Waals surface area contributed by atoms with Gasteiger partial charge < -0.3 is 9.32 Å². The smallest absolute Gasteiger partial charge is 0.227 e. The first-order valence-corrected chi connectivity index (χ1v) is 10.4. The molecule has 0 spiro atoms. The number of furan rings is 1. The zero-order valence-corrected chi connectivity index (χ0v) is 15.9. The van der Waals surface area contributed by atoms with Crippen LogP contribution in [0.1, 0.15) is 60.1 Å². The van der Waals surface area contributed by atoms with Crippen LogP contribution in [0.2, 0.25) is 0 Å². The number of nitrogens with zero attached hydrogens (tertiary/aromatic N) is 6. The van der Waals surface area contributed by atoms with Gasteiger partial charge in [-0.05, 0) is 43.2 Å². The van der Waals surface area contributed by atoms with Gasteiger partial charge in [0.1, 0.15) is 11.6 Å². The third kappa shape index (κ3) is 3.08. The minimum absolute atomic E-state index is 0.607. The highest BCUT2D eigenvalue weighted by Gasteiger charge is 2.30. The molecule has 2 fully saturated rings. The summed E-state index contributed by atoms with van der Waals surface area (Å²) in [6, 6.07) is 2.00. The molecule has 0 unspecified atom stereocenters. The third-order valence-corrected chi connectivity index (χ3v) is 6.07. The standard InChI is InChI=1S/C21H24N6O/c1-2-14(1)11-27-19(9-15-6-8-28-13-15)24-25-21(27)26-7-5-18-17(12-26)10-22-20(23-18)16-3-4-16/h6,8,10,13-14,16H,1-5,7,9,11-12H2. The lowest BCUT2D eigenvalue weighted by Crippen LogP contribution is -2.34. The van der Waals surface area contributed by atoms with Crippen LogP contribution in [0.25, 0.3) is 0 Å². The lowest BCUT2D eigenvalue weighted by Gasteiger charge is -2.29. The van der Waals surface area contributed by atoms with Gasteiger partial charge in [-0.3, -0.25) is 4.57 Å². The van der Waals surface area contributed by atoms with E-state index in [0.29, 0.717) is 5.92 Å². The minimum atomic E-state index is 0.607.